The number of aromatic nitrogens is 4. The summed E-state index contributed by atoms with van der Waals surface area (Å²) in [6, 6.07) is 20.1. The summed E-state index contributed by atoms with van der Waals surface area (Å²) in [5.41, 5.74) is 2.87. The van der Waals surface area contributed by atoms with Crippen molar-refractivity contribution in [1.82, 2.24) is 24.6 Å². The highest BCUT2D eigenvalue weighted by Crippen LogP contribution is 2.29. The number of amides is 1. The van der Waals surface area contributed by atoms with Gasteiger partial charge < -0.3 is 9.80 Å². The Morgan fingerprint density at radius 3 is 2.31 bits per heavy atom. The van der Waals surface area contributed by atoms with Crippen LogP contribution in [0.3, 0.4) is 0 Å². The summed E-state index contributed by atoms with van der Waals surface area (Å²) in [6.45, 7) is 7.23. The number of benzene rings is 2. The average Bonchev–Trinajstić information content (AvgIpc) is 3.33. The van der Waals surface area contributed by atoms with Crippen molar-refractivity contribution in [1.29, 1.82) is 0 Å². The van der Waals surface area contributed by atoms with Gasteiger partial charge in [0.25, 0.3) is 0 Å². The van der Waals surface area contributed by atoms with Gasteiger partial charge in [0, 0.05) is 32.1 Å². The van der Waals surface area contributed by atoms with Crippen molar-refractivity contribution in [3.05, 3.63) is 78.2 Å². The van der Waals surface area contributed by atoms with Crippen LogP contribution >= 0.6 is 0 Å². The van der Waals surface area contributed by atoms with Gasteiger partial charge in [-0.1, -0.05) is 68.8 Å². The largest absolute Gasteiger partial charge is 0.352 e. The van der Waals surface area contributed by atoms with E-state index in [2.05, 4.69) is 23.8 Å². The number of carbonyl (C=O) groups excluding carboxylic acids is 1. The topological polar surface area (TPSA) is 67.2 Å². The zero-order valence-electron chi connectivity index (χ0n) is 20.5. The van der Waals surface area contributed by atoms with Crippen molar-refractivity contribution in [2.24, 2.45) is 0 Å². The molecule has 1 unspecified atom stereocenters. The highest BCUT2D eigenvalue weighted by Gasteiger charge is 2.26. The Hall–Kier alpha value is -3.74. The van der Waals surface area contributed by atoms with E-state index >= 15 is 0 Å². The molecule has 2 aromatic carbocycles. The van der Waals surface area contributed by atoms with Gasteiger partial charge in [-0.2, -0.15) is 5.10 Å². The molecule has 2 aromatic heterocycles. The molecule has 1 fully saturated rings. The minimum absolute atomic E-state index is 0.179. The Balaban J connectivity index is 1.41. The van der Waals surface area contributed by atoms with Crippen molar-refractivity contribution >= 4 is 22.8 Å². The number of hydrogen-bond donors (Lipinski definition) is 0. The summed E-state index contributed by atoms with van der Waals surface area (Å²) in [6.07, 6.45) is 4.43. The van der Waals surface area contributed by atoms with Crippen LogP contribution in [0.2, 0.25) is 0 Å². The Bertz CT molecular complexity index is 1280. The minimum Gasteiger partial charge on any atom is -0.352 e. The lowest BCUT2D eigenvalue weighted by Gasteiger charge is -2.36. The lowest BCUT2D eigenvalue weighted by molar-refractivity contribution is -0.130. The van der Waals surface area contributed by atoms with E-state index in [0.29, 0.717) is 19.5 Å². The van der Waals surface area contributed by atoms with Gasteiger partial charge in [-0.15, -0.1) is 0 Å². The third-order valence-electron chi connectivity index (χ3n) is 6.72. The van der Waals surface area contributed by atoms with E-state index in [1.165, 1.54) is 0 Å². The minimum atomic E-state index is 0.179. The van der Waals surface area contributed by atoms with Crippen molar-refractivity contribution in [2.75, 3.05) is 31.1 Å². The SMILES string of the molecule is CCCC(C)c1nc(N2CCN(C(=O)Cc3ccccc3)CC2)c2cnn(-c3ccccc3)c2n1. The van der Waals surface area contributed by atoms with Crippen LogP contribution in [0.25, 0.3) is 16.7 Å². The second-order valence-electron chi connectivity index (χ2n) is 9.25. The molecule has 5 rings (SSSR count). The first kappa shape index (κ1) is 23.0. The Morgan fingerprint density at radius 2 is 1.63 bits per heavy atom. The zero-order valence-corrected chi connectivity index (χ0v) is 20.5. The van der Waals surface area contributed by atoms with E-state index < -0.39 is 0 Å². The van der Waals surface area contributed by atoms with Gasteiger partial charge in [0.1, 0.15) is 11.6 Å². The highest BCUT2D eigenvalue weighted by molar-refractivity contribution is 5.88. The molecule has 0 N–H and O–H groups in total. The molecule has 1 saturated heterocycles. The highest BCUT2D eigenvalue weighted by atomic mass is 16.2. The first-order valence-electron chi connectivity index (χ1n) is 12.5. The van der Waals surface area contributed by atoms with Crippen LogP contribution < -0.4 is 4.90 Å². The smallest absolute Gasteiger partial charge is 0.227 e. The quantitative estimate of drug-likeness (QED) is 0.396. The summed E-state index contributed by atoms with van der Waals surface area (Å²) in [7, 11) is 0. The predicted octanol–water partition coefficient (Wildman–Crippen LogP) is 4.61. The van der Waals surface area contributed by atoms with E-state index in [0.717, 1.165) is 59.9 Å². The summed E-state index contributed by atoms with van der Waals surface area (Å²) in [5.74, 6) is 2.22. The molecular formula is C28H32N6O. The van der Waals surface area contributed by atoms with E-state index in [9.17, 15) is 4.79 Å². The standard InChI is InChI=1S/C28H32N6O/c1-3-10-21(2)26-30-27(24-20-29-34(28(24)31-26)23-13-8-5-9-14-23)33-17-15-32(16-18-33)25(35)19-22-11-6-4-7-12-22/h4-9,11-14,20-21H,3,10,15-19H2,1-2H3. The summed E-state index contributed by atoms with van der Waals surface area (Å²) in [5, 5.41) is 5.63. The fourth-order valence-corrected chi connectivity index (χ4v) is 4.74. The maximum absolute atomic E-state index is 12.9. The number of para-hydroxylation sites is 1. The molecule has 0 bridgehead atoms. The molecule has 35 heavy (non-hydrogen) atoms. The fourth-order valence-electron chi connectivity index (χ4n) is 4.74. The lowest BCUT2D eigenvalue weighted by Crippen LogP contribution is -2.49. The zero-order chi connectivity index (χ0) is 24.2. The van der Waals surface area contributed by atoms with Crippen LogP contribution in [-0.2, 0) is 11.2 Å². The Kier molecular flexibility index (Phi) is 6.75. The summed E-state index contributed by atoms with van der Waals surface area (Å²) < 4.78 is 1.91. The molecule has 0 spiro atoms. The van der Waals surface area contributed by atoms with Crippen molar-refractivity contribution in [3.8, 4) is 5.69 Å². The number of hydrogen-bond acceptors (Lipinski definition) is 5. The summed E-state index contributed by atoms with van der Waals surface area (Å²) in [4.78, 5) is 27.1. The van der Waals surface area contributed by atoms with E-state index in [1.54, 1.807) is 0 Å². The molecule has 180 valence electrons. The lowest BCUT2D eigenvalue weighted by atomic mass is 10.1. The normalized spacial score (nSPS) is 14.9. The maximum Gasteiger partial charge on any atom is 0.227 e. The molecule has 0 radical (unpaired) electrons. The molecular weight excluding hydrogens is 436 g/mol. The number of carbonyl (C=O) groups is 1. The molecule has 7 nitrogen and oxygen atoms in total. The molecule has 1 amide bonds. The first-order valence-corrected chi connectivity index (χ1v) is 12.5. The first-order chi connectivity index (χ1) is 17.1. The van der Waals surface area contributed by atoms with Crippen LogP contribution in [0.1, 0.15) is 44.0 Å². The van der Waals surface area contributed by atoms with Crippen LogP contribution in [0, 0.1) is 0 Å². The third-order valence-corrected chi connectivity index (χ3v) is 6.72. The number of nitrogens with zero attached hydrogens (tertiary/aromatic N) is 6. The Morgan fingerprint density at radius 1 is 0.943 bits per heavy atom. The van der Waals surface area contributed by atoms with Crippen LogP contribution in [0.15, 0.2) is 66.9 Å². The second kappa shape index (κ2) is 10.3. The van der Waals surface area contributed by atoms with Gasteiger partial charge in [-0.05, 0) is 24.1 Å². The monoisotopic (exact) mass is 468 g/mol. The summed E-state index contributed by atoms with van der Waals surface area (Å²) >= 11 is 0. The van der Waals surface area contributed by atoms with E-state index in [1.807, 2.05) is 76.4 Å². The fraction of sp³-hybridized carbons (Fsp3) is 0.357. The molecule has 3 heterocycles. The number of rotatable bonds is 7. The molecule has 1 aliphatic rings. The molecule has 0 aliphatic carbocycles. The van der Waals surface area contributed by atoms with Gasteiger partial charge in [0.05, 0.1) is 23.7 Å². The van der Waals surface area contributed by atoms with Gasteiger partial charge in [0.15, 0.2) is 5.65 Å². The molecule has 4 aromatic rings. The van der Waals surface area contributed by atoms with Gasteiger partial charge in [0.2, 0.25) is 5.91 Å². The number of anilines is 1. The second-order valence-corrected chi connectivity index (χ2v) is 9.25. The molecule has 1 atom stereocenters. The molecule has 0 saturated carbocycles. The molecule has 1 aliphatic heterocycles. The predicted molar refractivity (Wildman–Crippen MR) is 139 cm³/mol. The molecule has 7 heteroatoms. The van der Waals surface area contributed by atoms with Crippen molar-refractivity contribution in [2.45, 2.75) is 39.0 Å². The van der Waals surface area contributed by atoms with Crippen molar-refractivity contribution in [3.63, 3.8) is 0 Å². The number of fused-ring (bicyclic) bond motifs is 1. The van der Waals surface area contributed by atoms with Gasteiger partial charge in [-0.25, -0.2) is 14.6 Å². The average molecular weight is 469 g/mol. The van der Waals surface area contributed by atoms with Crippen LogP contribution in [0.4, 0.5) is 5.82 Å². The van der Waals surface area contributed by atoms with E-state index in [4.69, 9.17) is 9.97 Å². The Labute approximate surface area is 206 Å². The van der Waals surface area contributed by atoms with Crippen molar-refractivity contribution < 1.29 is 4.79 Å². The maximum atomic E-state index is 12.9. The van der Waals surface area contributed by atoms with Crippen LogP contribution in [-0.4, -0.2) is 56.7 Å². The van der Waals surface area contributed by atoms with Crippen LogP contribution in [0.5, 0.6) is 0 Å². The number of piperazine rings is 1. The van der Waals surface area contributed by atoms with Gasteiger partial charge in [-0.3, -0.25) is 4.79 Å². The van der Waals surface area contributed by atoms with Gasteiger partial charge >= 0.3 is 0 Å². The third kappa shape index (κ3) is 4.90. The van der Waals surface area contributed by atoms with E-state index in [-0.39, 0.29) is 11.8 Å².